The Labute approximate surface area is 99.8 Å². The summed E-state index contributed by atoms with van der Waals surface area (Å²) < 4.78 is 5.32. The number of fused-ring (bicyclic) bond motifs is 1. The third kappa shape index (κ3) is 2.25. The van der Waals surface area contributed by atoms with Crippen LogP contribution < -0.4 is 10.1 Å². The Balaban J connectivity index is 2.15. The summed E-state index contributed by atoms with van der Waals surface area (Å²) in [5.41, 5.74) is 1.07. The summed E-state index contributed by atoms with van der Waals surface area (Å²) in [5, 5.41) is 12.0. The molecule has 3 nitrogen and oxygen atoms in total. The molecule has 84 valence electrons. The number of hydrogen-bond donors (Lipinski definition) is 1. The Morgan fingerprint density at radius 3 is 3.25 bits per heavy atom. The van der Waals surface area contributed by atoms with Crippen molar-refractivity contribution in [3.05, 3.63) is 18.2 Å². The molecular formula is C12H14N2OS. The number of nitriles is 1. The molecule has 0 bridgehead atoms. The minimum atomic E-state index is 0.369. The van der Waals surface area contributed by atoms with E-state index in [1.165, 1.54) is 4.90 Å². The number of nitrogens with zero attached hydrogens (tertiary/aromatic N) is 1. The SMILES string of the molecule is COc1cccc2c1NC(CCC#N)CS2. The first-order valence-electron chi connectivity index (χ1n) is 5.28. The van der Waals surface area contributed by atoms with Crippen LogP contribution in [-0.2, 0) is 0 Å². The number of ether oxygens (including phenoxy) is 1. The summed E-state index contributed by atoms with van der Waals surface area (Å²) >= 11 is 1.82. The van der Waals surface area contributed by atoms with E-state index in [2.05, 4.69) is 17.5 Å². The second kappa shape index (κ2) is 5.13. The standard InChI is InChI=1S/C12H14N2OS/c1-15-10-5-2-6-11-12(10)14-9(8-16-11)4-3-7-13/h2,5-6,9,14H,3-4,8H2,1H3. The maximum Gasteiger partial charge on any atom is 0.143 e. The molecule has 2 rings (SSSR count). The largest absolute Gasteiger partial charge is 0.495 e. The fourth-order valence-corrected chi connectivity index (χ4v) is 2.88. The summed E-state index contributed by atoms with van der Waals surface area (Å²) in [6.07, 6.45) is 1.49. The van der Waals surface area contributed by atoms with Crippen LogP contribution >= 0.6 is 11.8 Å². The first kappa shape index (κ1) is 11.2. The van der Waals surface area contributed by atoms with Crippen molar-refractivity contribution in [2.45, 2.75) is 23.8 Å². The highest BCUT2D eigenvalue weighted by atomic mass is 32.2. The highest BCUT2D eigenvalue weighted by Gasteiger charge is 2.20. The van der Waals surface area contributed by atoms with Crippen LogP contribution in [0.3, 0.4) is 0 Å². The lowest BCUT2D eigenvalue weighted by atomic mass is 10.1. The Kier molecular flexibility index (Phi) is 3.58. The van der Waals surface area contributed by atoms with E-state index in [1.54, 1.807) is 7.11 Å². The number of hydrogen-bond acceptors (Lipinski definition) is 4. The molecule has 0 aromatic heterocycles. The molecule has 1 aromatic carbocycles. The van der Waals surface area contributed by atoms with Crippen LogP contribution in [0.15, 0.2) is 23.1 Å². The second-order valence-electron chi connectivity index (χ2n) is 3.68. The van der Waals surface area contributed by atoms with Gasteiger partial charge in [-0.15, -0.1) is 11.8 Å². The Hall–Kier alpha value is -1.34. The lowest BCUT2D eigenvalue weighted by Crippen LogP contribution is -2.26. The Bertz CT molecular complexity index is 400. The predicted octanol–water partition coefficient (Wildman–Crippen LogP) is 2.89. The zero-order valence-corrected chi connectivity index (χ0v) is 10.0. The van der Waals surface area contributed by atoms with E-state index in [-0.39, 0.29) is 0 Å². The highest BCUT2D eigenvalue weighted by molar-refractivity contribution is 7.99. The molecule has 4 heteroatoms. The van der Waals surface area contributed by atoms with Gasteiger partial charge in [-0.25, -0.2) is 0 Å². The van der Waals surface area contributed by atoms with Crippen molar-refractivity contribution in [1.82, 2.24) is 0 Å². The minimum Gasteiger partial charge on any atom is -0.495 e. The van der Waals surface area contributed by atoms with E-state index in [4.69, 9.17) is 10.00 Å². The van der Waals surface area contributed by atoms with Gasteiger partial charge in [-0.3, -0.25) is 0 Å². The summed E-state index contributed by atoms with van der Waals surface area (Å²) in [6.45, 7) is 0. The van der Waals surface area contributed by atoms with Gasteiger partial charge in [0.25, 0.3) is 0 Å². The first-order chi connectivity index (χ1) is 7.85. The monoisotopic (exact) mass is 234 g/mol. The average Bonchev–Trinajstić information content (AvgIpc) is 2.35. The van der Waals surface area contributed by atoms with Crippen molar-refractivity contribution >= 4 is 17.4 Å². The Morgan fingerprint density at radius 1 is 1.62 bits per heavy atom. The molecule has 0 radical (unpaired) electrons. The van der Waals surface area contributed by atoms with Crippen LogP contribution in [-0.4, -0.2) is 18.9 Å². The van der Waals surface area contributed by atoms with E-state index in [9.17, 15) is 0 Å². The van der Waals surface area contributed by atoms with E-state index in [1.807, 2.05) is 23.9 Å². The van der Waals surface area contributed by atoms with E-state index >= 15 is 0 Å². The molecule has 0 fully saturated rings. The topological polar surface area (TPSA) is 45.0 Å². The number of para-hydroxylation sites is 1. The van der Waals surface area contributed by atoms with E-state index in [0.29, 0.717) is 12.5 Å². The molecule has 0 saturated carbocycles. The normalized spacial score (nSPS) is 18.1. The van der Waals surface area contributed by atoms with Crippen molar-refractivity contribution in [3.8, 4) is 11.8 Å². The molecule has 16 heavy (non-hydrogen) atoms. The zero-order valence-electron chi connectivity index (χ0n) is 9.19. The van der Waals surface area contributed by atoms with Gasteiger partial charge in [-0.1, -0.05) is 6.07 Å². The van der Waals surface area contributed by atoms with Crippen LogP contribution in [0.2, 0.25) is 0 Å². The minimum absolute atomic E-state index is 0.369. The van der Waals surface area contributed by atoms with Gasteiger partial charge in [-0.05, 0) is 18.6 Å². The molecule has 1 atom stereocenters. The molecule has 1 heterocycles. The van der Waals surface area contributed by atoms with Crippen LogP contribution in [0.4, 0.5) is 5.69 Å². The van der Waals surface area contributed by atoms with Crippen LogP contribution in [0, 0.1) is 11.3 Å². The van der Waals surface area contributed by atoms with Crippen LogP contribution in [0.25, 0.3) is 0 Å². The van der Waals surface area contributed by atoms with E-state index in [0.717, 1.165) is 23.6 Å². The van der Waals surface area contributed by atoms with Gasteiger partial charge in [0.05, 0.1) is 18.9 Å². The van der Waals surface area contributed by atoms with Crippen molar-refractivity contribution in [2.75, 3.05) is 18.2 Å². The summed E-state index contributed by atoms with van der Waals surface area (Å²) in [7, 11) is 1.68. The summed E-state index contributed by atoms with van der Waals surface area (Å²) in [4.78, 5) is 1.23. The quantitative estimate of drug-likeness (QED) is 0.873. The predicted molar refractivity (Wildman–Crippen MR) is 66.0 cm³/mol. The summed E-state index contributed by atoms with van der Waals surface area (Å²) in [5.74, 6) is 1.90. The van der Waals surface area contributed by atoms with Crippen molar-refractivity contribution < 1.29 is 4.74 Å². The maximum atomic E-state index is 8.58. The fraction of sp³-hybridized carbons (Fsp3) is 0.417. The third-order valence-electron chi connectivity index (χ3n) is 2.60. The smallest absolute Gasteiger partial charge is 0.143 e. The number of rotatable bonds is 3. The number of nitrogens with one attached hydrogen (secondary N) is 1. The van der Waals surface area contributed by atoms with Gasteiger partial charge < -0.3 is 10.1 Å². The molecule has 1 N–H and O–H groups in total. The van der Waals surface area contributed by atoms with Crippen molar-refractivity contribution in [2.24, 2.45) is 0 Å². The van der Waals surface area contributed by atoms with Gasteiger partial charge in [0, 0.05) is 23.1 Å². The van der Waals surface area contributed by atoms with Gasteiger partial charge in [0.15, 0.2) is 0 Å². The molecular weight excluding hydrogens is 220 g/mol. The second-order valence-corrected chi connectivity index (χ2v) is 4.74. The maximum absolute atomic E-state index is 8.58. The number of thioether (sulfide) groups is 1. The third-order valence-corrected chi connectivity index (χ3v) is 3.82. The highest BCUT2D eigenvalue weighted by Crippen LogP contribution is 2.40. The van der Waals surface area contributed by atoms with Crippen molar-refractivity contribution in [3.63, 3.8) is 0 Å². The average molecular weight is 234 g/mol. The lowest BCUT2D eigenvalue weighted by Gasteiger charge is -2.27. The molecule has 0 spiro atoms. The van der Waals surface area contributed by atoms with Crippen molar-refractivity contribution in [1.29, 1.82) is 5.26 Å². The molecule has 1 aromatic rings. The number of benzene rings is 1. The first-order valence-corrected chi connectivity index (χ1v) is 6.27. The number of methoxy groups -OCH3 is 1. The lowest BCUT2D eigenvalue weighted by molar-refractivity contribution is 0.414. The molecule has 0 aliphatic carbocycles. The molecule has 1 unspecified atom stereocenters. The van der Waals surface area contributed by atoms with Crippen LogP contribution in [0.5, 0.6) is 5.75 Å². The van der Waals surface area contributed by atoms with E-state index < -0.39 is 0 Å². The summed E-state index contributed by atoms with van der Waals surface area (Å²) in [6, 6.07) is 8.61. The Morgan fingerprint density at radius 2 is 2.50 bits per heavy atom. The van der Waals surface area contributed by atoms with Gasteiger partial charge >= 0.3 is 0 Å². The zero-order chi connectivity index (χ0) is 11.4. The fourth-order valence-electron chi connectivity index (χ4n) is 1.77. The molecule has 1 aliphatic heterocycles. The molecule has 0 amide bonds. The van der Waals surface area contributed by atoms with Crippen LogP contribution in [0.1, 0.15) is 12.8 Å². The number of anilines is 1. The van der Waals surface area contributed by atoms with Gasteiger partial charge in [0.1, 0.15) is 5.75 Å². The molecule has 1 aliphatic rings. The van der Waals surface area contributed by atoms with Gasteiger partial charge in [0.2, 0.25) is 0 Å². The molecule has 0 saturated heterocycles. The van der Waals surface area contributed by atoms with Gasteiger partial charge in [-0.2, -0.15) is 5.26 Å².